The van der Waals surface area contributed by atoms with Gasteiger partial charge in [0.15, 0.2) is 5.82 Å². The molecule has 12 heteroatoms. The Labute approximate surface area is 192 Å². The number of halogens is 8. The maximum atomic E-state index is 14.7. The zero-order valence-corrected chi connectivity index (χ0v) is 17.7. The second kappa shape index (κ2) is 8.51. The maximum Gasteiger partial charge on any atom is 0.405 e. The number of aromatic amines is 1. The first-order chi connectivity index (χ1) is 15.9. The number of aromatic nitrogens is 2. The van der Waals surface area contributed by atoms with Crippen molar-refractivity contribution in [2.75, 3.05) is 11.4 Å². The predicted molar refractivity (Wildman–Crippen MR) is 111 cm³/mol. The number of rotatable bonds is 4. The Morgan fingerprint density at radius 1 is 1.15 bits per heavy atom. The van der Waals surface area contributed by atoms with Crippen molar-refractivity contribution in [2.24, 2.45) is 5.41 Å². The molecule has 0 amide bonds. The fourth-order valence-corrected chi connectivity index (χ4v) is 3.65. The van der Waals surface area contributed by atoms with Crippen LogP contribution in [0.1, 0.15) is 18.4 Å². The molecule has 1 aliphatic rings. The molecule has 0 aliphatic heterocycles. The summed E-state index contributed by atoms with van der Waals surface area (Å²) in [6, 6.07) is 4.76. The standard InChI is InChI=1S/C22H13ClF7N3O/c23-12-7-15(25)18-16(8-12)31-20(34)32-19(18)33(10-17(26)27)14-6-11(5-13(24)9-14)1-2-21(3-4-21)22(28,29)30/h5-9,17H,3-4,10H2,(H,31,32,34). The smallest absolute Gasteiger partial charge is 0.320 e. The van der Waals surface area contributed by atoms with Crippen molar-refractivity contribution in [3.63, 3.8) is 0 Å². The van der Waals surface area contributed by atoms with E-state index >= 15 is 0 Å². The van der Waals surface area contributed by atoms with E-state index in [9.17, 15) is 35.5 Å². The molecule has 1 aromatic heterocycles. The number of nitrogens with zero attached hydrogens (tertiary/aromatic N) is 2. The third-order valence-electron chi connectivity index (χ3n) is 5.24. The topological polar surface area (TPSA) is 49.0 Å². The molecule has 3 aromatic rings. The first-order valence-corrected chi connectivity index (χ1v) is 10.1. The monoisotopic (exact) mass is 503 g/mol. The van der Waals surface area contributed by atoms with Gasteiger partial charge in [-0.3, -0.25) is 0 Å². The fourth-order valence-electron chi connectivity index (χ4n) is 3.44. The molecule has 178 valence electrons. The minimum Gasteiger partial charge on any atom is -0.320 e. The van der Waals surface area contributed by atoms with Crippen LogP contribution in [0.15, 0.2) is 35.1 Å². The van der Waals surface area contributed by atoms with Gasteiger partial charge in [0.1, 0.15) is 17.0 Å². The van der Waals surface area contributed by atoms with Crippen LogP contribution in [0, 0.1) is 28.9 Å². The molecule has 1 heterocycles. The van der Waals surface area contributed by atoms with E-state index in [-0.39, 0.29) is 40.0 Å². The molecule has 0 atom stereocenters. The van der Waals surface area contributed by atoms with Crippen molar-refractivity contribution in [2.45, 2.75) is 25.4 Å². The number of hydrogen-bond donors (Lipinski definition) is 1. The summed E-state index contributed by atoms with van der Waals surface area (Å²) in [6.45, 7) is -1.13. The summed E-state index contributed by atoms with van der Waals surface area (Å²) in [5, 5.41) is -0.448. The van der Waals surface area contributed by atoms with E-state index in [1.54, 1.807) is 0 Å². The van der Waals surface area contributed by atoms with Crippen LogP contribution >= 0.6 is 11.6 Å². The van der Waals surface area contributed by atoms with Gasteiger partial charge in [0.05, 0.1) is 17.4 Å². The van der Waals surface area contributed by atoms with E-state index in [2.05, 4.69) is 21.8 Å². The molecule has 0 spiro atoms. The van der Waals surface area contributed by atoms with Gasteiger partial charge in [-0.1, -0.05) is 23.4 Å². The average Bonchev–Trinajstić information content (AvgIpc) is 3.50. The largest absolute Gasteiger partial charge is 0.405 e. The Balaban J connectivity index is 1.87. The lowest BCUT2D eigenvalue weighted by Gasteiger charge is -2.25. The SMILES string of the molecule is O=c1nc(N(CC(F)F)c2cc(F)cc(C#CC3(C(F)(F)F)CC3)c2)c2c(F)cc(Cl)cc2[nH]1. The molecule has 0 saturated heterocycles. The lowest BCUT2D eigenvalue weighted by Crippen LogP contribution is -2.28. The van der Waals surface area contributed by atoms with Crippen LogP contribution in [-0.4, -0.2) is 29.1 Å². The molecule has 1 N–H and O–H groups in total. The number of alkyl halides is 5. The second-order valence-corrected chi connectivity index (χ2v) is 8.14. The summed E-state index contributed by atoms with van der Waals surface area (Å²) in [4.78, 5) is 18.6. The van der Waals surface area contributed by atoms with Crippen molar-refractivity contribution >= 4 is 34.0 Å². The normalized spacial score (nSPS) is 14.7. The highest BCUT2D eigenvalue weighted by Gasteiger charge is 2.62. The third-order valence-corrected chi connectivity index (χ3v) is 5.46. The van der Waals surface area contributed by atoms with Crippen molar-refractivity contribution in [3.05, 3.63) is 63.0 Å². The minimum atomic E-state index is -4.56. The Kier molecular flexibility index (Phi) is 5.97. The molecule has 1 aliphatic carbocycles. The highest BCUT2D eigenvalue weighted by molar-refractivity contribution is 6.31. The van der Waals surface area contributed by atoms with Gasteiger partial charge in [-0.05, 0) is 43.2 Å². The van der Waals surface area contributed by atoms with Gasteiger partial charge in [-0.25, -0.2) is 22.4 Å². The van der Waals surface area contributed by atoms with Crippen LogP contribution in [-0.2, 0) is 0 Å². The highest BCUT2D eigenvalue weighted by atomic mass is 35.5. The Bertz CT molecular complexity index is 1390. The van der Waals surface area contributed by atoms with E-state index in [0.717, 1.165) is 24.3 Å². The zero-order chi connectivity index (χ0) is 24.8. The Hall–Kier alpha value is -3.26. The molecule has 0 bridgehead atoms. The molecule has 0 radical (unpaired) electrons. The van der Waals surface area contributed by atoms with E-state index in [1.165, 1.54) is 6.07 Å². The Morgan fingerprint density at radius 2 is 1.85 bits per heavy atom. The molecule has 34 heavy (non-hydrogen) atoms. The highest BCUT2D eigenvalue weighted by Crippen LogP contribution is 2.57. The minimum absolute atomic E-state index is 0.0832. The van der Waals surface area contributed by atoms with Crippen molar-refractivity contribution < 1.29 is 30.7 Å². The maximum absolute atomic E-state index is 14.7. The van der Waals surface area contributed by atoms with E-state index in [0.29, 0.717) is 4.90 Å². The van der Waals surface area contributed by atoms with Gasteiger partial charge in [-0.15, -0.1) is 0 Å². The summed E-state index contributed by atoms with van der Waals surface area (Å²) in [5.41, 5.74) is -3.87. The number of hydrogen-bond acceptors (Lipinski definition) is 3. The molecule has 1 saturated carbocycles. The lowest BCUT2D eigenvalue weighted by molar-refractivity contribution is -0.168. The summed E-state index contributed by atoms with van der Waals surface area (Å²) >= 11 is 5.80. The lowest BCUT2D eigenvalue weighted by atomic mass is 10.1. The average molecular weight is 504 g/mol. The predicted octanol–water partition coefficient (Wildman–Crippen LogP) is 5.95. The van der Waals surface area contributed by atoms with Crippen molar-refractivity contribution in [1.29, 1.82) is 0 Å². The van der Waals surface area contributed by atoms with E-state index in [4.69, 9.17) is 11.6 Å². The van der Waals surface area contributed by atoms with Crippen LogP contribution in [0.3, 0.4) is 0 Å². The summed E-state index contributed by atoms with van der Waals surface area (Å²) in [6.07, 6.45) is -8.00. The van der Waals surface area contributed by atoms with Gasteiger partial charge in [0, 0.05) is 16.3 Å². The fraction of sp³-hybridized carbons (Fsp3) is 0.273. The van der Waals surface area contributed by atoms with Crippen molar-refractivity contribution in [3.8, 4) is 11.8 Å². The Morgan fingerprint density at radius 3 is 2.47 bits per heavy atom. The number of nitrogens with one attached hydrogen (secondary N) is 1. The summed E-state index contributed by atoms with van der Waals surface area (Å²) in [7, 11) is 0. The van der Waals surface area contributed by atoms with Crippen LogP contribution in [0.2, 0.25) is 5.02 Å². The van der Waals surface area contributed by atoms with Crippen LogP contribution in [0.25, 0.3) is 10.9 Å². The van der Waals surface area contributed by atoms with Crippen molar-refractivity contribution in [1.82, 2.24) is 9.97 Å². The van der Waals surface area contributed by atoms with Crippen LogP contribution in [0.5, 0.6) is 0 Å². The number of benzene rings is 2. The van der Waals surface area contributed by atoms with E-state index in [1.807, 2.05) is 0 Å². The van der Waals surface area contributed by atoms with Gasteiger partial charge >= 0.3 is 11.9 Å². The van der Waals surface area contributed by atoms with Gasteiger partial charge in [-0.2, -0.15) is 18.2 Å². The molecule has 4 nitrogen and oxygen atoms in total. The van der Waals surface area contributed by atoms with E-state index < -0.39 is 47.7 Å². The number of H-pyrrole nitrogens is 1. The third kappa shape index (κ3) is 4.68. The number of anilines is 2. The molecular weight excluding hydrogens is 491 g/mol. The zero-order valence-electron chi connectivity index (χ0n) is 16.9. The second-order valence-electron chi connectivity index (χ2n) is 7.71. The molecular formula is C22H13ClF7N3O. The summed E-state index contributed by atoms with van der Waals surface area (Å²) < 4.78 is 95.4. The molecule has 0 unspecified atom stereocenters. The molecule has 1 fully saturated rings. The first-order valence-electron chi connectivity index (χ1n) is 9.74. The van der Waals surface area contributed by atoms with Crippen LogP contribution < -0.4 is 10.6 Å². The van der Waals surface area contributed by atoms with Crippen LogP contribution in [0.4, 0.5) is 42.2 Å². The quantitative estimate of drug-likeness (QED) is 0.353. The van der Waals surface area contributed by atoms with Gasteiger partial charge in [0.25, 0.3) is 6.43 Å². The molecule has 4 rings (SSSR count). The van der Waals surface area contributed by atoms with Gasteiger partial charge < -0.3 is 9.88 Å². The molecule has 2 aromatic carbocycles. The number of fused-ring (bicyclic) bond motifs is 1. The summed E-state index contributed by atoms with van der Waals surface area (Å²) in [5.74, 6) is 1.83. The first kappa shape index (κ1) is 23.9. The van der Waals surface area contributed by atoms with Gasteiger partial charge in [0.2, 0.25) is 0 Å².